The molecule has 0 atom stereocenters. The quantitative estimate of drug-likeness (QED) is 0.765. The highest BCUT2D eigenvalue weighted by molar-refractivity contribution is 8.00. The molecule has 2 amide bonds. The van der Waals surface area contributed by atoms with Crippen molar-refractivity contribution < 1.29 is 18.0 Å². The van der Waals surface area contributed by atoms with Gasteiger partial charge >= 0.3 is 0 Å². The Kier molecular flexibility index (Phi) is 6.12. The molecule has 2 heterocycles. The third-order valence-corrected chi connectivity index (χ3v) is 8.21. The van der Waals surface area contributed by atoms with Gasteiger partial charge in [0.25, 0.3) is 0 Å². The standard InChI is InChI=1S/C21H23N3O4S2/c25-20(14-24-17-9-3-4-10-18(17)29-15-21(24)26)22-16-8-2-5-11-19(16)30(27,28)23-12-6-1-7-13-23/h2-5,8-11H,1,6-7,12-15H2,(H,22,25). The largest absolute Gasteiger partial charge is 0.323 e. The molecule has 2 aromatic carbocycles. The second kappa shape index (κ2) is 8.79. The number of benzene rings is 2. The van der Waals surface area contributed by atoms with Crippen LogP contribution >= 0.6 is 11.8 Å². The van der Waals surface area contributed by atoms with Gasteiger partial charge in [-0.1, -0.05) is 30.7 Å². The predicted octanol–water partition coefficient (Wildman–Crippen LogP) is 2.94. The van der Waals surface area contributed by atoms with Crippen molar-refractivity contribution in [3.63, 3.8) is 0 Å². The minimum absolute atomic E-state index is 0.0844. The van der Waals surface area contributed by atoms with Crippen molar-refractivity contribution in [2.24, 2.45) is 0 Å². The fraction of sp³-hybridized carbons (Fsp3) is 0.333. The third kappa shape index (κ3) is 4.23. The summed E-state index contributed by atoms with van der Waals surface area (Å²) in [4.78, 5) is 27.6. The lowest BCUT2D eigenvalue weighted by atomic mass is 10.2. The number of para-hydroxylation sites is 2. The molecule has 1 saturated heterocycles. The van der Waals surface area contributed by atoms with Gasteiger partial charge in [0.1, 0.15) is 11.4 Å². The Bertz CT molecular complexity index is 1070. The molecule has 7 nitrogen and oxygen atoms in total. The molecule has 30 heavy (non-hydrogen) atoms. The first-order chi connectivity index (χ1) is 14.5. The first kappa shape index (κ1) is 20.9. The van der Waals surface area contributed by atoms with E-state index in [9.17, 15) is 18.0 Å². The second-order valence-electron chi connectivity index (χ2n) is 7.25. The van der Waals surface area contributed by atoms with Crippen molar-refractivity contribution in [2.75, 3.05) is 35.6 Å². The monoisotopic (exact) mass is 445 g/mol. The fourth-order valence-electron chi connectivity index (χ4n) is 3.70. The normalized spacial score (nSPS) is 17.5. The van der Waals surface area contributed by atoms with Crippen LogP contribution in [0.1, 0.15) is 19.3 Å². The van der Waals surface area contributed by atoms with Gasteiger partial charge in [0.15, 0.2) is 0 Å². The number of hydrogen-bond acceptors (Lipinski definition) is 5. The molecule has 2 aromatic rings. The molecule has 0 unspecified atom stereocenters. The lowest BCUT2D eigenvalue weighted by molar-refractivity contribution is -0.120. The van der Waals surface area contributed by atoms with Crippen molar-refractivity contribution in [3.05, 3.63) is 48.5 Å². The molecular formula is C21H23N3O4S2. The van der Waals surface area contributed by atoms with Crippen molar-refractivity contribution in [2.45, 2.75) is 29.1 Å². The van der Waals surface area contributed by atoms with E-state index in [4.69, 9.17) is 0 Å². The minimum atomic E-state index is -3.70. The van der Waals surface area contributed by atoms with Crippen LogP contribution in [0.4, 0.5) is 11.4 Å². The van der Waals surface area contributed by atoms with Gasteiger partial charge in [-0.15, -0.1) is 11.8 Å². The lowest BCUT2D eigenvalue weighted by Crippen LogP contribution is -2.41. The molecule has 0 radical (unpaired) electrons. The lowest BCUT2D eigenvalue weighted by Gasteiger charge is -2.29. The van der Waals surface area contributed by atoms with Crippen molar-refractivity contribution in [3.8, 4) is 0 Å². The van der Waals surface area contributed by atoms with Crippen molar-refractivity contribution in [1.29, 1.82) is 0 Å². The fourth-order valence-corrected chi connectivity index (χ4v) is 6.30. The van der Waals surface area contributed by atoms with Crippen molar-refractivity contribution in [1.82, 2.24) is 4.31 Å². The highest BCUT2D eigenvalue weighted by Crippen LogP contribution is 2.35. The van der Waals surface area contributed by atoms with Crippen LogP contribution in [-0.2, 0) is 19.6 Å². The zero-order valence-corrected chi connectivity index (χ0v) is 18.0. The predicted molar refractivity (Wildman–Crippen MR) is 117 cm³/mol. The number of nitrogens with one attached hydrogen (secondary N) is 1. The van der Waals surface area contributed by atoms with Crippen LogP contribution in [0, 0.1) is 0 Å². The highest BCUT2D eigenvalue weighted by atomic mass is 32.2. The summed E-state index contributed by atoms with van der Waals surface area (Å²) in [5.41, 5.74) is 0.934. The molecule has 0 aliphatic carbocycles. The maximum absolute atomic E-state index is 13.1. The summed E-state index contributed by atoms with van der Waals surface area (Å²) in [5, 5.41) is 2.71. The second-order valence-corrected chi connectivity index (χ2v) is 10.2. The molecule has 0 bridgehead atoms. The summed E-state index contributed by atoms with van der Waals surface area (Å²) in [6.45, 7) is 0.803. The summed E-state index contributed by atoms with van der Waals surface area (Å²) in [7, 11) is -3.70. The van der Waals surface area contributed by atoms with Gasteiger partial charge in [-0.25, -0.2) is 8.42 Å². The number of anilines is 2. The van der Waals surface area contributed by atoms with E-state index in [1.54, 1.807) is 24.3 Å². The topological polar surface area (TPSA) is 86.8 Å². The van der Waals surface area contributed by atoms with E-state index >= 15 is 0 Å². The van der Waals surface area contributed by atoms with Gasteiger partial charge in [-0.05, 0) is 37.1 Å². The van der Waals surface area contributed by atoms with Gasteiger partial charge in [-0.3, -0.25) is 9.59 Å². The van der Waals surface area contributed by atoms with Crippen LogP contribution in [-0.4, -0.2) is 49.9 Å². The number of carbonyl (C=O) groups excluding carboxylic acids is 2. The van der Waals surface area contributed by atoms with Crippen molar-refractivity contribution >= 4 is 45.0 Å². The zero-order valence-electron chi connectivity index (χ0n) is 16.4. The maximum atomic E-state index is 13.1. The molecular weight excluding hydrogens is 422 g/mol. The summed E-state index contributed by atoms with van der Waals surface area (Å²) >= 11 is 1.45. The summed E-state index contributed by atoms with van der Waals surface area (Å²) in [6, 6.07) is 13.9. The van der Waals surface area contributed by atoms with E-state index < -0.39 is 15.9 Å². The number of thioether (sulfide) groups is 1. The maximum Gasteiger partial charge on any atom is 0.245 e. The Morgan fingerprint density at radius 2 is 1.70 bits per heavy atom. The van der Waals surface area contributed by atoms with E-state index in [0.717, 1.165) is 24.2 Å². The van der Waals surface area contributed by atoms with E-state index in [0.29, 0.717) is 18.8 Å². The minimum Gasteiger partial charge on any atom is -0.323 e. The van der Waals surface area contributed by atoms with E-state index in [-0.39, 0.29) is 28.8 Å². The smallest absolute Gasteiger partial charge is 0.245 e. The molecule has 0 saturated carbocycles. The molecule has 0 spiro atoms. The molecule has 1 N–H and O–H groups in total. The van der Waals surface area contributed by atoms with Crippen LogP contribution in [0.5, 0.6) is 0 Å². The number of nitrogens with zero attached hydrogens (tertiary/aromatic N) is 2. The molecule has 4 rings (SSSR count). The SMILES string of the molecule is O=C(CN1C(=O)CSc2ccccc21)Nc1ccccc1S(=O)(=O)N1CCCCC1. The van der Waals surface area contributed by atoms with Gasteiger partial charge in [0.2, 0.25) is 21.8 Å². The van der Waals surface area contributed by atoms with E-state index in [1.807, 2.05) is 18.2 Å². The van der Waals surface area contributed by atoms with Crippen LogP contribution < -0.4 is 10.2 Å². The Morgan fingerprint density at radius 3 is 2.50 bits per heavy atom. The molecule has 1 fully saturated rings. The number of sulfonamides is 1. The van der Waals surface area contributed by atoms with Gasteiger partial charge in [-0.2, -0.15) is 4.31 Å². The van der Waals surface area contributed by atoms with Crippen LogP contribution in [0.25, 0.3) is 0 Å². The first-order valence-electron chi connectivity index (χ1n) is 9.88. The summed E-state index contributed by atoms with van der Waals surface area (Å²) in [5.74, 6) is -0.320. The molecule has 9 heteroatoms. The number of piperidine rings is 1. The molecule has 2 aliphatic heterocycles. The van der Waals surface area contributed by atoms with Gasteiger partial charge in [0.05, 0.1) is 17.1 Å². The van der Waals surface area contributed by atoms with Crippen LogP contribution in [0.15, 0.2) is 58.3 Å². The van der Waals surface area contributed by atoms with Crippen LogP contribution in [0.3, 0.4) is 0 Å². The van der Waals surface area contributed by atoms with Crippen LogP contribution in [0.2, 0.25) is 0 Å². The average Bonchev–Trinajstić information content (AvgIpc) is 2.76. The number of carbonyl (C=O) groups is 2. The Balaban J connectivity index is 1.54. The van der Waals surface area contributed by atoms with E-state index in [1.165, 1.54) is 27.0 Å². The molecule has 0 aromatic heterocycles. The molecule has 2 aliphatic rings. The van der Waals surface area contributed by atoms with E-state index in [2.05, 4.69) is 5.32 Å². The molecule has 158 valence electrons. The summed E-state index contributed by atoms with van der Waals surface area (Å²) < 4.78 is 27.7. The number of amides is 2. The van der Waals surface area contributed by atoms with Gasteiger partial charge in [0, 0.05) is 18.0 Å². The Hall–Kier alpha value is -2.36. The third-order valence-electron chi connectivity index (χ3n) is 5.20. The highest BCUT2D eigenvalue weighted by Gasteiger charge is 2.30. The number of rotatable bonds is 5. The summed E-state index contributed by atoms with van der Waals surface area (Å²) in [6.07, 6.45) is 2.69. The first-order valence-corrected chi connectivity index (χ1v) is 12.3. The Labute approximate surface area is 180 Å². The average molecular weight is 446 g/mol. The Morgan fingerprint density at radius 1 is 1.00 bits per heavy atom. The zero-order chi connectivity index (χ0) is 21.1. The van der Waals surface area contributed by atoms with Gasteiger partial charge < -0.3 is 10.2 Å². The number of hydrogen-bond donors (Lipinski definition) is 1. The number of fused-ring (bicyclic) bond motifs is 1.